The van der Waals surface area contributed by atoms with Crippen LogP contribution in [0.5, 0.6) is 0 Å². The van der Waals surface area contributed by atoms with Gasteiger partial charge in [0.1, 0.15) is 17.1 Å². The standard InChI is InChI=1S/C25H27FN6O2/c1-12(2)32-10-9-16-22(29-20-14-5-3-13(4-6-14)19(20)25(33)34)30-23(31-24(16)32)17-11-27-21-15(17)7-8-18(26)28-21/h7-14,19-20H,3-6H2,1-2H3,(H,27,28)(H,33,34)(H,29,30,31)/t13?,14?,19-,20-/m0/s1. The van der Waals surface area contributed by atoms with E-state index in [4.69, 9.17) is 9.97 Å². The Morgan fingerprint density at radius 2 is 1.88 bits per heavy atom. The van der Waals surface area contributed by atoms with Gasteiger partial charge in [-0.25, -0.2) is 15.0 Å². The van der Waals surface area contributed by atoms with Gasteiger partial charge in [-0.05, 0) is 69.6 Å². The number of aromatic nitrogens is 5. The number of pyridine rings is 1. The highest BCUT2D eigenvalue weighted by Crippen LogP contribution is 2.46. The molecule has 3 N–H and O–H groups in total. The van der Waals surface area contributed by atoms with Gasteiger partial charge in [-0.2, -0.15) is 4.39 Å². The second-order valence-corrected chi connectivity index (χ2v) is 9.89. The molecule has 0 radical (unpaired) electrons. The highest BCUT2D eigenvalue weighted by molar-refractivity contribution is 5.95. The van der Waals surface area contributed by atoms with Gasteiger partial charge in [-0.1, -0.05) is 0 Å². The van der Waals surface area contributed by atoms with Crippen LogP contribution in [-0.2, 0) is 4.79 Å². The molecule has 0 amide bonds. The van der Waals surface area contributed by atoms with E-state index in [0.717, 1.165) is 47.7 Å². The number of carbonyl (C=O) groups is 1. The lowest BCUT2D eigenvalue weighted by Gasteiger charge is -2.47. The molecule has 176 valence electrons. The molecule has 0 saturated heterocycles. The van der Waals surface area contributed by atoms with E-state index < -0.39 is 17.8 Å². The number of carboxylic acid groups (broad SMARTS) is 1. The summed E-state index contributed by atoms with van der Waals surface area (Å²) in [7, 11) is 0. The van der Waals surface area contributed by atoms with Crippen molar-refractivity contribution in [3.8, 4) is 11.4 Å². The van der Waals surface area contributed by atoms with Crippen molar-refractivity contribution in [1.82, 2.24) is 24.5 Å². The smallest absolute Gasteiger partial charge is 0.308 e. The number of H-pyrrole nitrogens is 1. The molecule has 3 aliphatic carbocycles. The summed E-state index contributed by atoms with van der Waals surface area (Å²) in [4.78, 5) is 28.9. The first-order chi connectivity index (χ1) is 16.4. The molecule has 4 aromatic heterocycles. The number of nitrogens with one attached hydrogen (secondary N) is 2. The Labute approximate surface area is 195 Å². The fraction of sp³-hybridized carbons (Fsp3) is 0.440. The Morgan fingerprint density at radius 3 is 2.62 bits per heavy atom. The molecule has 2 bridgehead atoms. The van der Waals surface area contributed by atoms with Crippen LogP contribution in [0.2, 0.25) is 0 Å². The molecule has 34 heavy (non-hydrogen) atoms. The van der Waals surface area contributed by atoms with Crippen LogP contribution < -0.4 is 5.32 Å². The van der Waals surface area contributed by atoms with Crippen molar-refractivity contribution in [1.29, 1.82) is 0 Å². The van der Waals surface area contributed by atoms with Crippen LogP contribution in [0.25, 0.3) is 33.5 Å². The molecule has 8 nitrogen and oxygen atoms in total. The van der Waals surface area contributed by atoms with E-state index in [0.29, 0.717) is 23.2 Å². The summed E-state index contributed by atoms with van der Waals surface area (Å²) in [5.74, 6) is -0.0647. The average Bonchev–Trinajstić information content (AvgIpc) is 3.43. The Kier molecular flexibility index (Phi) is 4.82. The summed E-state index contributed by atoms with van der Waals surface area (Å²) < 4.78 is 15.7. The number of nitrogens with zero attached hydrogens (tertiary/aromatic N) is 4. The van der Waals surface area contributed by atoms with Crippen LogP contribution >= 0.6 is 0 Å². The average molecular weight is 463 g/mol. The van der Waals surface area contributed by atoms with Crippen LogP contribution in [0.1, 0.15) is 45.6 Å². The van der Waals surface area contributed by atoms with Crippen molar-refractivity contribution in [3.63, 3.8) is 0 Å². The molecule has 4 aromatic rings. The summed E-state index contributed by atoms with van der Waals surface area (Å²) in [5.41, 5.74) is 1.94. The molecule has 4 heterocycles. The SMILES string of the molecule is CC(C)n1ccc2c(N[C@H]3C4CCC(CC4)[C@@H]3C(=O)O)nc(-c3c[nH]c4nc(F)ccc34)nc21. The van der Waals surface area contributed by atoms with Crippen molar-refractivity contribution in [2.24, 2.45) is 17.8 Å². The fourth-order valence-corrected chi connectivity index (χ4v) is 6.02. The zero-order valence-corrected chi connectivity index (χ0v) is 19.1. The molecule has 7 rings (SSSR count). The number of hydrogen-bond donors (Lipinski definition) is 3. The van der Waals surface area contributed by atoms with Crippen LogP contribution in [-0.4, -0.2) is 41.6 Å². The monoisotopic (exact) mass is 462 g/mol. The van der Waals surface area contributed by atoms with Crippen molar-refractivity contribution in [3.05, 3.63) is 36.5 Å². The Morgan fingerprint density at radius 1 is 1.12 bits per heavy atom. The molecule has 0 spiro atoms. The van der Waals surface area contributed by atoms with Gasteiger partial charge in [-0.15, -0.1) is 0 Å². The quantitative estimate of drug-likeness (QED) is 0.360. The first-order valence-electron chi connectivity index (χ1n) is 11.9. The van der Waals surface area contributed by atoms with Crippen molar-refractivity contribution in [2.45, 2.75) is 51.6 Å². The maximum atomic E-state index is 13.6. The lowest BCUT2D eigenvalue weighted by atomic mass is 9.61. The molecule has 3 fully saturated rings. The van der Waals surface area contributed by atoms with E-state index in [9.17, 15) is 14.3 Å². The number of hydrogen-bond acceptors (Lipinski definition) is 5. The Hall–Kier alpha value is -3.49. The van der Waals surface area contributed by atoms with Crippen molar-refractivity contribution < 1.29 is 14.3 Å². The maximum Gasteiger partial charge on any atom is 0.308 e. The Balaban J connectivity index is 1.50. The van der Waals surface area contributed by atoms with Gasteiger partial charge < -0.3 is 20.0 Å². The molecule has 0 unspecified atom stereocenters. The van der Waals surface area contributed by atoms with Gasteiger partial charge >= 0.3 is 5.97 Å². The number of rotatable bonds is 5. The molecule has 3 saturated carbocycles. The predicted octanol–water partition coefficient (Wildman–Crippen LogP) is 5.00. The van der Waals surface area contributed by atoms with E-state index in [-0.39, 0.29) is 18.0 Å². The molecular formula is C25H27FN6O2. The molecule has 9 heteroatoms. The maximum absolute atomic E-state index is 13.6. The summed E-state index contributed by atoms with van der Waals surface area (Å²) in [6.07, 6.45) is 7.78. The second kappa shape index (κ2) is 7.78. The van der Waals surface area contributed by atoms with Crippen LogP contribution in [0.3, 0.4) is 0 Å². The highest BCUT2D eigenvalue weighted by Gasteiger charge is 2.47. The van der Waals surface area contributed by atoms with Crippen LogP contribution in [0, 0.1) is 23.7 Å². The predicted molar refractivity (Wildman–Crippen MR) is 127 cm³/mol. The minimum atomic E-state index is -0.734. The van der Waals surface area contributed by atoms with Gasteiger partial charge in [0.05, 0.1) is 11.3 Å². The van der Waals surface area contributed by atoms with E-state index in [1.165, 1.54) is 6.07 Å². The molecule has 3 aliphatic rings. The summed E-state index contributed by atoms with van der Waals surface area (Å²) in [5, 5.41) is 15.2. The number of aliphatic carboxylic acids is 1. The largest absolute Gasteiger partial charge is 0.481 e. The third-order valence-corrected chi connectivity index (χ3v) is 7.68. The molecular weight excluding hydrogens is 435 g/mol. The van der Waals surface area contributed by atoms with Gasteiger partial charge in [0.25, 0.3) is 0 Å². The summed E-state index contributed by atoms with van der Waals surface area (Å²) >= 11 is 0. The van der Waals surface area contributed by atoms with E-state index in [2.05, 4.69) is 33.7 Å². The van der Waals surface area contributed by atoms with E-state index in [1.807, 2.05) is 12.3 Å². The lowest BCUT2D eigenvalue weighted by Crippen LogP contribution is -2.51. The van der Waals surface area contributed by atoms with Crippen molar-refractivity contribution >= 4 is 33.9 Å². The number of fused-ring (bicyclic) bond motifs is 5. The fourth-order valence-electron chi connectivity index (χ4n) is 6.02. The molecule has 0 aromatic carbocycles. The van der Waals surface area contributed by atoms with Gasteiger partial charge in [0, 0.05) is 35.4 Å². The van der Waals surface area contributed by atoms with Gasteiger partial charge in [0.2, 0.25) is 5.95 Å². The van der Waals surface area contributed by atoms with Gasteiger partial charge in [0.15, 0.2) is 5.82 Å². The van der Waals surface area contributed by atoms with Gasteiger partial charge in [-0.3, -0.25) is 4.79 Å². The molecule has 2 atom stereocenters. The number of anilines is 1. The normalized spacial score (nSPS) is 24.4. The van der Waals surface area contributed by atoms with Crippen LogP contribution in [0.15, 0.2) is 30.6 Å². The first-order valence-corrected chi connectivity index (χ1v) is 11.9. The topological polar surface area (TPSA) is 109 Å². The third kappa shape index (κ3) is 3.25. The summed E-state index contributed by atoms with van der Waals surface area (Å²) in [6.45, 7) is 4.18. The Bertz CT molecular complexity index is 1400. The third-order valence-electron chi connectivity index (χ3n) is 7.68. The zero-order chi connectivity index (χ0) is 23.6. The lowest BCUT2D eigenvalue weighted by molar-refractivity contribution is -0.148. The second-order valence-electron chi connectivity index (χ2n) is 9.89. The first kappa shape index (κ1) is 21.1. The van der Waals surface area contributed by atoms with Crippen molar-refractivity contribution in [2.75, 3.05) is 5.32 Å². The molecule has 0 aliphatic heterocycles. The minimum Gasteiger partial charge on any atom is -0.481 e. The number of aromatic amines is 1. The van der Waals surface area contributed by atoms with E-state index in [1.54, 1.807) is 12.3 Å². The highest BCUT2D eigenvalue weighted by atomic mass is 19.1. The van der Waals surface area contributed by atoms with E-state index >= 15 is 0 Å². The van der Waals surface area contributed by atoms with Crippen LogP contribution in [0.4, 0.5) is 10.2 Å². The number of halogens is 1. The minimum absolute atomic E-state index is 0.169. The summed E-state index contributed by atoms with van der Waals surface area (Å²) in [6, 6.07) is 5.00. The number of carboxylic acids is 1. The zero-order valence-electron chi connectivity index (χ0n) is 19.1.